The quantitative estimate of drug-likeness (QED) is 0.871. The van der Waals surface area contributed by atoms with Crippen LogP contribution in [0.1, 0.15) is 29.7 Å². The minimum absolute atomic E-state index is 0.306. The first-order valence-electron chi connectivity index (χ1n) is 5.73. The number of anilines is 1. The van der Waals surface area contributed by atoms with Crippen LogP contribution in [0, 0.1) is 6.92 Å². The standard InChI is InChI=1S/C13H16N4/c1-3-11-15-12(17-13(14)16-11)8-10-7-5-4-6-9(10)2/h4-7H,3,8H2,1-2H3,(H2,14,15,16,17). The zero-order chi connectivity index (χ0) is 12.3. The van der Waals surface area contributed by atoms with Crippen LogP contribution in [0.4, 0.5) is 5.95 Å². The molecule has 0 unspecified atom stereocenters. The highest BCUT2D eigenvalue weighted by atomic mass is 15.1. The Morgan fingerprint density at radius 3 is 2.47 bits per heavy atom. The average molecular weight is 228 g/mol. The van der Waals surface area contributed by atoms with Crippen LogP contribution in [0.25, 0.3) is 0 Å². The molecule has 2 rings (SSSR count). The summed E-state index contributed by atoms with van der Waals surface area (Å²) in [6.07, 6.45) is 1.47. The number of nitrogen functional groups attached to an aromatic ring is 1. The first-order valence-corrected chi connectivity index (χ1v) is 5.73. The minimum Gasteiger partial charge on any atom is -0.368 e. The second-order valence-corrected chi connectivity index (χ2v) is 3.98. The summed E-state index contributed by atoms with van der Waals surface area (Å²) in [4.78, 5) is 12.6. The van der Waals surface area contributed by atoms with E-state index in [1.165, 1.54) is 11.1 Å². The predicted octanol–water partition coefficient (Wildman–Crippen LogP) is 1.92. The Balaban J connectivity index is 2.30. The largest absolute Gasteiger partial charge is 0.368 e. The highest BCUT2D eigenvalue weighted by molar-refractivity contribution is 5.29. The summed E-state index contributed by atoms with van der Waals surface area (Å²) in [5.41, 5.74) is 8.13. The Morgan fingerprint density at radius 2 is 1.76 bits per heavy atom. The van der Waals surface area contributed by atoms with E-state index in [0.29, 0.717) is 12.4 Å². The molecular formula is C13H16N4. The van der Waals surface area contributed by atoms with Crippen molar-refractivity contribution in [1.82, 2.24) is 15.0 Å². The van der Waals surface area contributed by atoms with Crippen LogP contribution in [0.3, 0.4) is 0 Å². The number of aryl methyl sites for hydroxylation is 2. The highest BCUT2D eigenvalue weighted by Gasteiger charge is 2.05. The van der Waals surface area contributed by atoms with E-state index in [2.05, 4.69) is 34.0 Å². The third-order valence-electron chi connectivity index (χ3n) is 2.67. The van der Waals surface area contributed by atoms with E-state index in [4.69, 9.17) is 5.73 Å². The molecule has 0 aliphatic carbocycles. The van der Waals surface area contributed by atoms with Gasteiger partial charge in [-0.25, -0.2) is 4.98 Å². The van der Waals surface area contributed by atoms with Crippen LogP contribution in [0.2, 0.25) is 0 Å². The summed E-state index contributed by atoms with van der Waals surface area (Å²) in [7, 11) is 0. The molecule has 0 fully saturated rings. The van der Waals surface area contributed by atoms with E-state index in [9.17, 15) is 0 Å². The van der Waals surface area contributed by atoms with Crippen LogP contribution < -0.4 is 5.73 Å². The molecule has 0 spiro atoms. The maximum Gasteiger partial charge on any atom is 0.223 e. The smallest absolute Gasteiger partial charge is 0.223 e. The third-order valence-corrected chi connectivity index (χ3v) is 2.67. The van der Waals surface area contributed by atoms with Crippen molar-refractivity contribution >= 4 is 5.95 Å². The molecular weight excluding hydrogens is 212 g/mol. The fourth-order valence-corrected chi connectivity index (χ4v) is 1.70. The van der Waals surface area contributed by atoms with Gasteiger partial charge in [0.2, 0.25) is 5.95 Å². The lowest BCUT2D eigenvalue weighted by atomic mass is 10.1. The van der Waals surface area contributed by atoms with E-state index in [1.54, 1.807) is 0 Å². The molecule has 0 aliphatic rings. The third kappa shape index (κ3) is 2.78. The molecule has 0 radical (unpaired) electrons. The number of hydrogen-bond donors (Lipinski definition) is 1. The van der Waals surface area contributed by atoms with Crippen LogP contribution in [-0.4, -0.2) is 15.0 Å². The molecule has 88 valence electrons. The Kier molecular flexibility index (Phi) is 3.32. The van der Waals surface area contributed by atoms with Crippen LogP contribution in [0.15, 0.2) is 24.3 Å². The summed E-state index contributed by atoms with van der Waals surface area (Å²) in [5.74, 6) is 1.80. The van der Waals surface area contributed by atoms with Crippen molar-refractivity contribution in [2.24, 2.45) is 0 Å². The van der Waals surface area contributed by atoms with Crippen LogP contribution in [0.5, 0.6) is 0 Å². The van der Waals surface area contributed by atoms with Gasteiger partial charge in [-0.1, -0.05) is 31.2 Å². The minimum atomic E-state index is 0.306. The lowest BCUT2D eigenvalue weighted by Gasteiger charge is -2.06. The van der Waals surface area contributed by atoms with E-state index >= 15 is 0 Å². The molecule has 0 amide bonds. The van der Waals surface area contributed by atoms with Gasteiger partial charge in [0.05, 0.1) is 0 Å². The van der Waals surface area contributed by atoms with Gasteiger partial charge in [0, 0.05) is 12.8 Å². The molecule has 0 atom stereocenters. The molecule has 1 aromatic heterocycles. The maximum absolute atomic E-state index is 5.66. The van der Waals surface area contributed by atoms with Gasteiger partial charge in [0.15, 0.2) is 0 Å². The zero-order valence-corrected chi connectivity index (χ0v) is 10.1. The van der Waals surface area contributed by atoms with E-state index in [1.807, 2.05) is 19.1 Å². The van der Waals surface area contributed by atoms with Crippen molar-refractivity contribution in [3.05, 3.63) is 47.0 Å². The van der Waals surface area contributed by atoms with E-state index in [0.717, 1.165) is 18.1 Å². The number of hydrogen-bond acceptors (Lipinski definition) is 4. The van der Waals surface area contributed by atoms with Gasteiger partial charge in [-0.2, -0.15) is 9.97 Å². The Hall–Kier alpha value is -1.97. The Labute approximate surface area is 101 Å². The summed E-state index contributed by atoms with van der Waals surface area (Å²) < 4.78 is 0. The molecule has 4 heteroatoms. The van der Waals surface area contributed by atoms with Crippen molar-refractivity contribution in [1.29, 1.82) is 0 Å². The SMILES string of the molecule is CCc1nc(N)nc(Cc2ccccc2C)n1. The van der Waals surface area contributed by atoms with Crippen molar-refractivity contribution in [3.8, 4) is 0 Å². The monoisotopic (exact) mass is 228 g/mol. The maximum atomic E-state index is 5.66. The molecule has 2 aromatic rings. The fraction of sp³-hybridized carbons (Fsp3) is 0.308. The molecule has 4 nitrogen and oxygen atoms in total. The Bertz CT molecular complexity index is 523. The van der Waals surface area contributed by atoms with Crippen LogP contribution in [-0.2, 0) is 12.8 Å². The molecule has 2 N–H and O–H groups in total. The van der Waals surface area contributed by atoms with Gasteiger partial charge < -0.3 is 5.73 Å². The number of aromatic nitrogens is 3. The second kappa shape index (κ2) is 4.91. The second-order valence-electron chi connectivity index (χ2n) is 3.98. The predicted molar refractivity (Wildman–Crippen MR) is 67.6 cm³/mol. The molecule has 0 saturated heterocycles. The molecule has 0 aliphatic heterocycles. The van der Waals surface area contributed by atoms with Gasteiger partial charge in [-0.3, -0.25) is 0 Å². The molecule has 0 bridgehead atoms. The molecule has 17 heavy (non-hydrogen) atoms. The van der Waals surface area contributed by atoms with Crippen molar-refractivity contribution in [2.75, 3.05) is 5.73 Å². The van der Waals surface area contributed by atoms with Gasteiger partial charge in [-0.05, 0) is 18.1 Å². The Morgan fingerprint density at radius 1 is 1.06 bits per heavy atom. The normalized spacial score (nSPS) is 10.5. The zero-order valence-electron chi connectivity index (χ0n) is 10.1. The van der Waals surface area contributed by atoms with Crippen molar-refractivity contribution in [2.45, 2.75) is 26.7 Å². The number of rotatable bonds is 3. The number of nitrogens with zero attached hydrogens (tertiary/aromatic N) is 3. The lowest BCUT2D eigenvalue weighted by Crippen LogP contribution is -2.07. The number of benzene rings is 1. The topological polar surface area (TPSA) is 64.7 Å². The van der Waals surface area contributed by atoms with Gasteiger partial charge in [0.25, 0.3) is 0 Å². The van der Waals surface area contributed by atoms with E-state index in [-0.39, 0.29) is 0 Å². The fourth-order valence-electron chi connectivity index (χ4n) is 1.70. The summed E-state index contributed by atoms with van der Waals surface area (Å²) >= 11 is 0. The van der Waals surface area contributed by atoms with E-state index < -0.39 is 0 Å². The molecule has 1 aromatic carbocycles. The molecule has 0 saturated carbocycles. The molecule has 1 heterocycles. The van der Waals surface area contributed by atoms with Gasteiger partial charge >= 0.3 is 0 Å². The van der Waals surface area contributed by atoms with Gasteiger partial charge in [0.1, 0.15) is 11.6 Å². The average Bonchev–Trinajstić information content (AvgIpc) is 2.31. The first kappa shape index (κ1) is 11.5. The van der Waals surface area contributed by atoms with Crippen molar-refractivity contribution < 1.29 is 0 Å². The van der Waals surface area contributed by atoms with Gasteiger partial charge in [-0.15, -0.1) is 0 Å². The number of nitrogens with two attached hydrogens (primary N) is 1. The van der Waals surface area contributed by atoms with Crippen LogP contribution >= 0.6 is 0 Å². The first-order chi connectivity index (χ1) is 8.19. The highest BCUT2D eigenvalue weighted by Crippen LogP contribution is 2.11. The summed E-state index contributed by atoms with van der Waals surface area (Å²) in [6, 6.07) is 8.22. The lowest BCUT2D eigenvalue weighted by molar-refractivity contribution is 0.844. The summed E-state index contributed by atoms with van der Waals surface area (Å²) in [6.45, 7) is 4.09. The van der Waals surface area contributed by atoms with Crippen molar-refractivity contribution in [3.63, 3.8) is 0 Å². The summed E-state index contributed by atoms with van der Waals surface area (Å²) in [5, 5.41) is 0.